The molecule has 4 heterocycles. The lowest BCUT2D eigenvalue weighted by molar-refractivity contribution is 0.332. The molecule has 2 bridgehead atoms. The summed E-state index contributed by atoms with van der Waals surface area (Å²) >= 11 is 2.11. The standard InChI is InChI=1S/C85H94BN3S/c1-77(2,3)51-25-29-54(30-26-51)87-70-47-63-61(81(12,13)34-36-83(63,16)17)45-66(70)86-74-71(87)41-55(88-67-39-52(78(4,5)6)27-31-56(67)57-32-28-53(40-68(57)88)79(7,8)9)42-72(74)89(75-59-44-64-65(48-73(59)90-76(75)86)85(19)38-37-84(64,18)49-85)69-46-62-60(80(10,11)33-35-82(62,14)15)43-58(69)50-23-21-20-22-24-50/h20-32,39-48H,33-38,49H2,1-19H3. The lowest BCUT2D eigenvalue weighted by Crippen LogP contribution is -2.61. The van der Waals surface area contributed by atoms with Crippen molar-refractivity contribution in [3.05, 3.63) is 190 Å². The highest BCUT2D eigenvalue weighted by Gasteiger charge is 2.55. The molecule has 1 fully saturated rings. The Morgan fingerprint density at radius 3 is 1.41 bits per heavy atom. The summed E-state index contributed by atoms with van der Waals surface area (Å²) in [4.78, 5) is 5.62. The largest absolute Gasteiger partial charge is 0.311 e. The van der Waals surface area contributed by atoms with Gasteiger partial charge in [-0.3, -0.25) is 0 Å². The fourth-order valence-electron chi connectivity index (χ4n) is 18.3. The zero-order chi connectivity index (χ0) is 63.3. The van der Waals surface area contributed by atoms with Gasteiger partial charge in [0.05, 0.1) is 28.1 Å². The van der Waals surface area contributed by atoms with Gasteiger partial charge in [-0.25, -0.2) is 0 Å². The second-order valence-corrected chi connectivity index (χ2v) is 36.5. The molecule has 0 N–H and O–H groups in total. The molecule has 5 heteroatoms. The molecule has 6 aliphatic rings. The van der Waals surface area contributed by atoms with Gasteiger partial charge < -0.3 is 14.4 Å². The van der Waals surface area contributed by atoms with Gasteiger partial charge >= 0.3 is 0 Å². The Hall–Kier alpha value is -6.82. The van der Waals surface area contributed by atoms with Crippen LogP contribution in [0.1, 0.15) is 227 Å². The minimum absolute atomic E-state index is 0.00332. The van der Waals surface area contributed by atoms with E-state index in [2.05, 4.69) is 297 Å². The fourth-order valence-corrected chi connectivity index (χ4v) is 19.6. The van der Waals surface area contributed by atoms with Gasteiger partial charge in [-0.1, -0.05) is 204 Å². The van der Waals surface area contributed by atoms with Gasteiger partial charge in [0.1, 0.15) is 0 Å². The van der Waals surface area contributed by atoms with E-state index in [4.69, 9.17) is 0 Å². The van der Waals surface area contributed by atoms with Crippen molar-refractivity contribution >= 4 is 99.8 Å². The molecule has 0 radical (unpaired) electrons. The van der Waals surface area contributed by atoms with Crippen molar-refractivity contribution in [1.29, 1.82) is 0 Å². The Kier molecular flexibility index (Phi) is 12.0. The smallest absolute Gasteiger partial charge is 0.264 e. The predicted octanol–water partition coefficient (Wildman–Crippen LogP) is 22.1. The van der Waals surface area contributed by atoms with Crippen molar-refractivity contribution in [3.8, 4) is 16.8 Å². The van der Waals surface area contributed by atoms with E-state index in [9.17, 15) is 0 Å². The molecule has 8 aromatic carbocycles. The number of hydrogen-bond donors (Lipinski definition) is 0. The highest BCUT2D eigenvalue weighted by molar-refractivity contribution is 7.33. The van der Waals surface area contributed by atoms with Crippen LogP contribution < -0.4 is 25.5 Å². The van der Waals surface area contributed by atoms with Gasteiger partial charge in [0.2, 0.25) is 0 Å². The molecule has 0 amide bonds. The van der Waals surface area contributed by atoms with Gasteiger partial charge in [0, 0.05) is 53.9 Å². The summed E-state index contributed by atoms with van der Waals surface area (Å²) in [6.45, 7) is 46.6. The summed E-state index contributed by atoms with van der Waals surface area (Å²) in [6, 6.07) is 57.6. The minimum atomic E-state index is -0.0632. The first-order chi connectivity index (χ1) is 42.2. The normalized spacial score (nSPS) is 21.6. The molecule has 4 aliphatic carbocycles. The first-order valence-electron chi connectivity index (χ1n) is 34.2. The minimum Gasteiger partial charge on any atom is -0.311 e. The van der Waals surface area contributed by atoms with E-state index in [0.717, 1.165) is 25.7 Å². The van der Waals surface area contributed by atoms with Gasteiger partial charge in [0.15, 0.2) is 0 Å². The molecule has 458 valence electrons. The first kappa shape index (κ1) is 58.3. The van der Waals surface area contributed by atoms with Crippen molar-refractivity contribution in [1.82, 2.24) is 4.57 Å². The highest BCUT2D eigenvalue weighted by Crippen LogP contribution is 2.63. The van der Waals surface area contributed by atoms with Crippen LogP contribution in [0.4, 0.5) is 34.1 Å². The maximum absolute atomic E-state index is 2.88. The van der Waals surface area contributed by atoms with E-state index in [1.807, 2.05) is 0 Å². The predicted molar refractivity (Wildman–Crippen MR) is 391 cm³/mol. The van der Waals surface area contributed by atoms with Gasteiger partial charge in [-0.05, 0) is 227 Å². The van der Waals surface area contributed by atoms with Crippen LogP contribution in [-0.2, 0) is 48.7 Å². The number of benzene rings is 8. The summed E-state index contributed by atoms with van der Waals surface area (Å²) in [6.07, 6.45) is 8.33. The molecule has 0 spiro atoms. The summed E-state index contributed by atoms with van der Waals surface area (Å²) < 4.78 is 5.58. The summed E-state index contributed by atoms with van der Waals surface area (Å²) in [5.41, 5.74) is 30.1. The Morgan fingerprint density at radius 2 is 0.878 bits per heavy atom. The molecule has 3 nitrogen and oxygen atoms in total. The van der Waals surface area contributed by atoms with Crippen LogP contribution in [0.5, 0.6) is 0 Å². The molecule has 2 atom stereocenters. The molecule has 90 heavy (non-hydrogen) atoms. The van der Waals surface area contributed by atoms with Gasteiger partial charge in [-0.15, -0.1) is 11.3 Å². The van der Waals surface area contributed by atoms with E-state index < -0.39 is 0 Å². The van der Waals surface area contributed by atoms with Crippen molar-refractivity contribution in [2.75, 3.05) is 9.80 Å². The Labute approximate surface area is 542 Å². The summed E-state index contributed by atoms with van der Waals surface area (Å²) in [5.74, 6) is 0. The first-order valence-corrected chi connectivity index (χ1v) is 35.0. The monoisotopic (exact) mass is 1200 g/mol. The second kappa shape index (κ2) is 18.5. The molecule has 1 saturated carbocycles. The van der Waals surface area contributed by atoms with E-state index in [1.165, 1.54) is 157 Å². The fraction of sp³-hybridized carbons (Fsp3) is 0.412. The zero-order valence-electron chi connectivity index (χ0n) is 57.6. The maximum atomic E-state index is 2.88. The topological polar surface area (TPSA) is 11.4 Å². The molecule has 16 rings (SSSR count). The van der Waals surface area contributed by atoms with Crippen LogP contribution in [0.25, 0.3) is 48.7 Å². The Morgan fingerprint density at radius 1 is 0.400 bits per heavy atom. The van der Waals surface area contributed by atoms with E-state index in [0.29, 0.717) is 0 Å². The molecule has 2 aliphatic heterocycles. The van der Waals surface area contributed by atoms with Crippen molar-refractivity contribution < 1.29 is 0 Å². The van der Waals surface area contributed by atoms with Crippen LogP contribution in [0.2, 0.25) is 0 Å². The number of thiophene rings is 1. The maximum Gasteiger partial charge on any atom is 0.264 e. The Bertz CT molecular complexity index is 4660. The molecule has 2 aromatic heterocycles. The van der Waals surface area contributed by atoms with Crippen molar-refractivity contribution in [2.24, 2.45) is 0 Å². The molecule has 10 aromatic rings. The average Bonchev–Trinajstić information content (AvgIpc) is 1.22. The van der Waals surface area contributed by atoms with E-state index in [-0.39, 0.29) is 55.4 Å². The zero-order valence-corrected chi connectivity index (χ0v) is 58.4. The number of hydrogen-bond acceptors (Lipinski definition) is 3. The van der Waals surface area contributed by atoms with Crippen LogP contribution in [0, 0.1) is 0 Å². The number of aromatic nitrogens is 1. The van der Waals surface area contributed by atoms with Crippen LogP contribution in [0.3, 0.4) is 0 Å². The Balaban J connectivity index is 1.12. The third kappa shape index (κ3) is 8.34. The van der Waals surface area contributed by atoms with Crippen LogP contribution >= 0.6 is 11.3 Å². The van der Waals surface area contributed by atoms with Gasteiger partial charge in [-0.2, -0.15) is 0 Å². The third-order valence-electron chi connectivity index (χ3n) is 24.1. The highest BCUT2D eigenvalue weighted by atomic mass is 32.1. The average molecular weight is 1200 g/mol. The second-order valence-electron chi connectivity index (χ2n) is 35.4. The van der Waals surface area contributed by atoms with Crippen molar-refractivity contribution in [2.45, 2.75) is 225 Å². The van der Waals surface area contributed by atoms with Gasteiger partial charge in [0.25, 0.3) is 6.71 Å². The summed E-state index contributed by atoms with van der Waals surface area (Å²) in [7, 11) is 0. The number of anilines is 6. The number of nitrogens with zero attached hydrogens (tertiary/aromatic N) is 3. The lowest BCUT2D eigenvalue weighted by Gasteiger charge is -2.47. The molecule has 0 saturated heterocycles. The SMILES string of the molecule is CC(C)(C)c1ccc(N2c3cc4c(cc3B3c5sc6cc7c(cc6c5N(c5cc6c(cc5-c5ccccc5)C(C)(C)CCC6(C)C)c5cc(-n6c8cc(C(C)(C)C)ccc8c8ccc(C(C)(C)C)cc86)cc2c53)C2(C)CCC7(C)C2)C(C)(C)CCC4(C)C)cc1. The molecular formula is C85H94BN3S. The quantitative estimate of drug-likeness (QED) is 0.163. The van der Waals surface area contributed by atoms with E-state index >= 15 is 0 Å². The van der Waals surface area contributed by atoms with Crippen molar-refractivity contribution in [3.63, 3.8) is 0 Å². The number of rotatable bonds is 4. The van der Waals surface area contributed by atoms with Crippen LogP contribution in [-0.4, -0.2) is 11.3 Å². The summed E-state index contributed by atoms with van der Waals surface area (Å²) in [5, 5.41) is 3.99. The third-order valence-corrected chi connectivity index (χ3v) is 25.3. The molecular weight excluding hydrogens is 1110 g/mol. The van der Waals surface area contributed by atoms with Crippen LogP contribution in [0.15, 0.2) is 140 Å². The number of fused-ring (bicyclic) bond motifs is 16. The molecule has 2 unspecified atom stereocenters. The lowest BCUT2D eigenvalue weighted by atomic mass is 9.35. The van der Waals surface area contributed by atoms with E-state index in [1.54, 1.807) is 11.1 Å².